The normalized spacial score (nSPS) is 29.9. The summed E-state index contributed by atoms with van der Waals surface area (Å²) in [7, 11) is 0. The van der Waals surface area contributed by atoms with E-state index in [0.717, 1.165) is 37.9 Å². The van der Waals surface area contributed by atoms with E-state index >= 15 is 0 Å². The van der Waals surface area contributed by atoms with Gasteiger partial charge in [0, 0.05) is 12.6 Å². The second kappa shape index (κ2) is 6.90. The van der Waals surface area contributed by atoms with Gasteiger partial charge in [-0.1, -0.05) is 19.8 Å². The summed E-state index contributed by atoms with van der Waals surface area (Å²) in [4.78, 5) is 14.4. The van der Waals surface area contributed by atoms with Crippen molar-refractivity contribution in [2.24, 2.45) is 11.7 Å². The van der Waals surface area contributed by atoms with Gasteiger partial charge in [0.15, 0.2) is 0 Å². The second-order valence-electron chi connectivity index (χ2n) is 6.81. The molecule has 20 heavy (non-hydrogen) atoms. The minimum absolute atomic E-state index is 0.217. The lowest BCUT2D eigenvalue weighted by Crippen LogP contribution is -2.55. The summed E-state index contributed by atoms with van der Waals surface area (Å²) in [5.41, 5.74) is 5.06. The van der Waals surface area contributed by atoms with Crippen molar-refractivity contribution in [3.63, 3.8) is 0 Å². The van der Waals surface area contributed by atoms with E-state index in [4.69, 9.17) is 5.73 Å². The molecular weight excluding hydrogens is 250 g/mol. The van der Waals surface area contributed by atoms with E-state index in [1.807, 2.05) is 6.92 Å². The Morgan fingerprint density at radius 3 is 2.80 bits per heavy atom. The van der Waals surface area contributed by atoms with Gasteiger partial charge in [0.1, 0.15) is 0 Å². The molecule has 1 amide bonds. The summed E-state index contributed by atoms with van der Waals surface area (Å²) in [5, 5.41) is 3.34. The van der Waals surface area contributed by atoms with Crippen LogP contribution in [0.25, 0.3) is 0 Å². The quantitative estimate of drug-likeness (QED) is 0.749. The van der Waals surface area contributed by atoms with Crippen molar-refractivity contribution in [1.29, 1.82) is 0 Å². The Balaban J connectivity index is 1.87. The van der Waals surface area contributed by atoms with Crippen LogP contribution in [0.15, 0.2) is 0 Å². The Morgan fingerprint density at radius 2 is 2.10 bits per heavy atom. The number of nitrogens with two attached hydrogens (primary N) is 1. The fourth-order valence-corrected chi connectivity index (χ4v) is 3.85. The predicted octanol–water partition coefficient (Wildman–Crippen LogP) is 1.88. The van der Waals surface area contributed by atoms with Crippen LogP contribution in [0.1, 0.15) is 58.8 Å². The number of nitrogens with zero attached hydrogens (tertiary/aromatic N) is 1. The zero-order chi connectivity index (χ0) is 14.6. The maximum atomic E-state index is 11.8. The third-order valence-corrected chi connectivity index (χ3v) is 5.33. The summed E-state index contributed by atoms with van der Waals surface area (Å²) < 4.78 is 0. The zero-order valence-electron chi connectivity index (χ0n) is 13.2. The number of amides is 1. The Hall–Kier alpha value is -0.610. The largest absolute Gasteiger partial charge is 0.368 e. The monoisotopic (exact) mass is 281 g/mol. The van der Waals surface area contributed by atoms with Crippen LogP contribution in [-0.4, -0.2) is 42.0 Å². The van der Waals surface area contributed by atoms with Gasteiger partial charge in [0.2, 0.25) is 5.91 Å². The average molecular weight is 281 g/mol. The lowest BCUT2D eigenvalue weighted by atomic mass is 9.85. The molecule has 0 aromatic rings. The lowest BCUT2D eigenvalue weighted by Gasteiger charge is -2.34. The number of fused-ring (bicyclic) bond motifs is 1. The molecule has 0 spiro atoms. The van der Waals surface area contributed by atoms with Crippen LogP contribution in [-0.2, 0) is 4.79 Å². The van der Waals surface area contributed by atoms with Gasteiger partial charge < -0.3 is 16.0 Å². The second-order valence-corrected chi connectivity index (χ2v) is 6.81. The molecule has 3 atom stereocenters. The number of carbonyl (C=O) groups is 1. The molecule has 1 saturated heterocycles. The molecule has 4 nitrogen and oxygen atoms in total. The minimum Gasteiger partial charge on any atom is -0.368 e. The molecule has 3 unspecified atom stereocenters. The van der Waals surface area contributed by atoms with E-state index in [2.05, 4.69) is 17.1 Å². The van der Waals surface area contributed by atoms with E-state index in [1.165, 1.54) is 38.6 Å². The van der Waals surface area contributed by atoms with Crippen molar-refractivity contribution >= 4 is 5.91 Å². The SMILES string of the molecule is CCCNC(C)(CCN1CCC2CCCCC21)C(N)=O. The fourth-order valence-electron chi connectivity index (χ4n) is 3.85. The molecule has 0 bridgehead atoms. The highest BCUT2D eigenvalue weighted by molar-refractivity contribution is 5.84. The first-order chi connectivity index (χ1) is 9.57. The van der Waals surface area contributed by atoms with Crippen LogP contribution < -0.4 is 11.1 Å². The van der Waals surface area contributed by atoms with Crippen molar-refractivity contribution in [1.82, 2.24) is 10.2 Å². The number of carbonyl (C=O) groups excluding carboxylic acids is 1. The highest BCUT2D eigenvalue weighted by Crippen LogP contribution is 2.36. The summed E-state index contributed by atoms with van der Waals surface area (Å²) in [6, 6.07) is 0.770. The van der Waals surface area contributed by atoms with Crippen molar-refractivity contribution in [3.8, 4) is 0 Å². The molecule has 0 aromatic heterocycles. The Morgan fingerprint density at radius 1 is 1.35 bits per heavy atom. The third kappa shape index (κ3) is 3.53. The fraction of sp³-hybridized carbons (Fsp3) is 0.938. The molecule has 1 heterocycles. The summed E-state index contributed by atoms with van der Waals surface area (Å²) in [6.07, 6.45) is 8.73. The standard InChI is InChI=1S/C16H31N3O/c1-3-10-18-16(2,15(17)20)9-12-19-11-8-13-6-4-5-7-14(13)19/h13-14,18H,3-12H2,1-2H3,(H2,17,20). The van der Waals surface area contributed by atoms with Crippen LogP contribution in [0, 0.1) is 5.92 Å². The number of hydrogen-bond donors (Lipinski definition) is 2. The molecule has 1 aliphatic heterocycles. The topological polar surface area (TPSA) is 58.4 Å². The first-order valence-electron chi connectivity index (χ1n) is 8.36. The van der Waals surface area contributed by atoms with Crippen molar-refractivity contribution in [2.45, 2.75) is 70.4 Å². The van der Waals surface area contributed by atoms with Gasteiger partial charge in [-0.25, -0.2) is 0 Å². The van der Waals surface area contributed by atoms with Crippen LogP contribution in [0.3, 0.4) is 0 Å². The molecule has 4 heteroatoms. The van der Waals surface area contributed by atoms with E-state index in [-0.39, 0.29) is 5.91 Å². The van der Waals surface area contributed by atoms with Crippen molar-refractivity contribution in [3.05, 3.63) is 0 Å². The molecule has 0 aromatic carbocycles. The molecule has 2 rings (SSSR count). The van der Waals surface area contributed by atoms with E-state index in [1.54, 1.807) is 0 Å². The van der Waals surface area contributed by atoms with Crippen LogP contribution in [0.4, 0.5) is 0 Å². The summed E-state index contributed by atoms with van der Waals surface area (Å²) >= 11 is 0. The first-order valence-corrected chi connectivity index (χ1v) is 8.36. The molecule has 3 N–H and O–H groups in total. The number of nitrogens with one attached hydrogen (secondary N) is 1. The molecule has 1 saturated carbocycles. The number of rotatable bonds is 7. The van der Waals surface area contributed by atoms with E-state index < -0.39 is 5.54 Å². The van der Waals surface area contributed by atoms with Crippen LogP contribution >= 0.6 is 0 Å². The average Bonchev–Trinajstić information content (AvgIpc) is 2.86. The van der Waals surface area contributed by atoms with Gasteiger partial charge in [-0.05, 0) is 58.0 Å². The highest BCUT2D eigenvalue weighted by Gasteiger charge is 2.37. The van der Waals surface area contributed by atoms with Crippen LogP contribution in [0.5, 0.6) is 0 Å². The van der Waals surface area contributed by atoms with Crippen molar-refractivity contribution < 1.29 is 4.79 Å². The maximum absolute atomic E-state index is 11.8. The number of hydrogen-bond acceptors (Lipinski definition) is 3. The van der Waals surface area contributed by atoms with Gasteiger partial charge in [0.05, 0.1) is 5.54 Å². The lowest BCUT2D eigenvalue weighted by molar-refractivity contribution is -0.124. The molecule has 1 aliphatic carbocycles. The highest BCUT2D eigenvalue weighted by atomic mass is 16.1. The van der Waals surface area contributed by atoms with E-state index in [0.29, 0.717) is 0 Å². The van der Waals surface area contributed by atoms with Gasteiger partial charge in [-0.2, -0.15) is 0 Å². The molecule has 116 valence electrons. The summed E-state index contributed by atoms with van der Waals surface area (Å²) in [6.45, 7) is 7.13. The molecule has 0 radical (unpaired) electrons. The number of primary amides is 1. The van der Waals surface area contributed by atoms with E-state index in [9.17, 15) is 4.79 Å². The van der Waals surface area contributed by atoms with Gasteiger partial charge in [0.25, 0.3) is 0 Å². The van der Waals surface area contributed by atoms with Crippen molar-refractivity contribution in [2.75, 3.05) is 19.6 Å². The zero-order valence-corrected chi connectivity index (χ0v) is 13.2. The van der Waals surface area contributed by atoms with Gasteiger partial charge >= 0.3 is 0 Å². The minimum atomic E-state index is -0.553. The molecule has 2 fully saturated rings. The summed E-state index contributed by atoms with van der Waals surface area (Å²) in [5.74, 6) is 0.692. The van der Waals surface area contributed by atoms with Gasteiger partial charge in [-0.3, -0.25) is 4.79 Å². The Kier molecular flexibility index (Phi) is 5.44. The number of likely N-dealkylation sites (tertiary alicyclic amines) is 1. The maximum Gasteiger partial charge on any atom is 0.237 e. The first kappa shape index (κ1) is 15.8. The van der Waals surface area contributed by atoms with Crippen LogP contribution in [0.2, 0.25) is 0 Å². The van der Waals surface area contributed by atoms with Gasteiger partial charge in [-0.15, -0.1) is 0 Å². The Bertz CT molecular complexity index is 334. The Labute approximate surface area is 123 Å². The molecule has 2 aliphatic rings. The third-order valence-electron chi connectivity index (χ3n) is 5.33. The smallest absolute Gasteiger partial charge is 0.237 e. The molecular formula is C16H31N3O. The predicted molar refractivity (Wildman–Crippen MR) is 82.4 cm³/mol.